The van der Waals surface area contributed by atoms with Crippen molar-refractivity contribution in [2.24, 2.45) is 0 Å². The van der Waals surface area contributed by atoms with E-state index in [-0.39, 0.29) is 16.9 Å². The second-order valence-electron chi connectivity index (χ2n) is 3.35. The quantitative estimate of drug-likeness (QED) is 0.766. The molecule has 7 heteroatoms. The zero-order valence-electron chi connectivity index (χ0n) is 8.30. The molecule has 5 nitrogen and oxygen atoms in total. The predicted octanol–water partition coefficient (Wildman–Crippen LogP) is 1.18. The van der Waals surface area contributed by atoms with Gasteiger partial charge in [0.1, 0.15) is 11.0 Å². The summed E-state index contributed by atoms with van der Waals surface area (Å²) in [6, 6.07) is 2.85. The highest BCUT2D eigenvalue weighted by atomic mass is 35.7. The van der Waals surface area contributed by atoms with E-state index in [0.717, 1.165) is 6.42 Å². The summed E-state index contributed by atoms with van der Waals surface area (Å²) in [7, 11) is 1.44. The van der Waals surface area contributed by atoms with Crippen LogP contribution in [-0.2, 0) is 13.8 Å². The Hall–Kier alpha value is -0.850. The lowest BCUT2D eigenvalue weighted by molar-refractivity contribution is 0.135. The van der Waals surface area contributed by atoms with Crippen molar-refractivity contribution in [2.45, 2.75) is 17.4 Å². The molecule has 1 fully saturated rings. The van der Waals surface area contributed by atoms with Gasteiger partial charge in [0.05, 0.1) is 13.2 Å². The number of hydrogen-bond donors (Lipinski definition) is 0. The number of hydrogen-bond acceptors (Lipinski definition) is 5. The normalized spacial score (nSPS) is 20.9. The van der Waals surface area contributed by atoms with Crippen molar-refractivity contribution < 1.29 is 17.9 Å². The molecular formula is C9H10ClNO4S. The van der Waals surface area contributed by atoms with E-state index >= 15 is 0 Å². The Kier molecular flexibility index (Phi) is 3.32. The summed E-state index contributed by atoms with van der Waals surface area (Å²) in [4.78, 5) is 3.76. The summed E-state index contributed by atoms with van der Waals surface area (Å²) >= 11 is 0. The fraction of sp³-hybridized carbons (Fsp3) is 0.444. The first kappa shape index (κ1) is 11.6. The molecule has 2 rings (SSSR count). The van der Waals surface area contributed by atoms with E-state index in [1.54, 1.807) is 0 Å². The molecule has 0 N–H and O–H groups in total. The molecule has 0 saturated carbocycles. The second kappa shape index (κ2) is 4.57. The molecule has 16 heavy (non-hydrogen) atoms. The maximum Gasteiger partial charge on any atom is 0.266 e. The van der Waals surface area contributed by atoms with E-state index in [0.29, 0.717) is 13.2 Å². The summed E-state index contributed by atoms with van der Waals surface area (Å²) in [6.45, 7) is 1.05. The molecule has 0 aliphatic carbocycles. The first-order chi connectivity index (χ1) is 7.57. The van der Waals surface area contributed by atoms with E-state index in [2.05, 4.69) is 4.98 Å². The molecule has 2 heterocycles. The Bertz CT molecular complexity index is 470. The highest BCUT2D eigenvalue weighted by molar-refractivity contribution is 8.13. The molecule has 0 spiro atoms. The summed E-state index contributed by atoms with van der Waals surface area (Å²) in [5.74, 6) is 0.0352. The Balaban J connectivity index is 2.26. The lowest BCUT2D eigenvalue weighted by atomic mass is 10.3. The molecule has 0 bridgehead atoms. The maximum absolute atomic E-state index is 11.2. The van der Waals surface area contributed by atoms with Gasteiger partial charge < -0.3 is 9.47 Å². The van der Waals surface area contributed by atoms with Crippen LogP contribution < -0.4 is 4.74 Å². The van der Waals surface area contributed by atoms with E-state index in [1.807, 2.05) is 0 Å². The minimum atomic E-state index is -3.83. The fourth-order valence-electron chi connectivity index (χ4n) is 1.41. The van der Waals surface area contributed by atoms with Crippen LogP contribution in [0.25, 0.3) is 0 Å². The van der Waals surface area contributed by atoms with E-state index in [9.17, 15) is 8.42 Å². The lowest BCUT2D eigenvalue weighted by Crippen LogP contribution is -2.17. The number of halogens is 1. The number of rotatable bonds is 3. The van der Waals surface area contributed by atoms with Gasteiger partial charge in [-0.1, -0.05) is 0 Å². The molecule has 1 aromatic rings. The summed E-state index contributed by atoms with van der Waals surface area (Å²) in [5.41, 5.74) is 0. The molecule has 1 saturated heterocycles. The zero-order valence-corrected chi connectivity index (χ0v) is 9.87. The Morgan fingerprint density at radius 3 is 3.00 bits per heavy atom. The summed E-state index contributed by atoms with van der Waals surface area (Å²) in [6.07, 6.45) is 2.02. The molecule has 0 amide bonds. The van der Waals surface area contributed by atoms with Crippen LogP contribution in [0.1, 0.15) is 6.42 Å². The minimum absolute atomic E-state index is 0.0352. The third-order valence-corrected chi connectivity index (χ3v) is 3.50. The lowest BCUT2D eigenvalue weighted by Gasteiger charge is -2.12. The van der Waals surface area contributed by atoms with Crippen molar-refractivity contribution in [1.29, 1.82) is 0 Å². The average Bonchev–Trinajstić information content (AvgIpc) is 2.70. The van der Waals surface area contributed by atoms with Gasteiger partial charge in [-0.15, -0.1) is 0 Å². The van der Waals surface area contributed by atoms with Crippen LogP contribution in [0, 0.1) is 0 Å². The first-order valence-corrected chi connectivity index (χ1v) is 7.02. The number of pyridine rings is 1. The largest absolute Gasteiger partial charge is 0.471 e. The van der Waals surface area contributed by atoms with Gasteiger partial charge in [0.2, 0.25) is 5.88 Å². The van der Waals surface area contributed by atoms with Gasteiger partial charge in [0, 0.05) is 23.3 Å². The maximum atomic E-state index is 11.2. The van der Waals surface area contributed by atoms with Crippen LogP contribution in [-0.4, -0.2) is 32.7 Å². The number of ether oxygens (including phenoxy) is 2. The molecule has 1 unspecified atom stereocenters. The van der Waals surface area contributed by atoms with Gasteiger partial charge in [-0.05, 0) is 12.1 Å². The molecule has 1 aromatic heterocycles. The summed E-state index contributed by atoms with van der Waals surface area (Å²) in [5, 5.41) is 0. The van der Waals surface area contributed by atoms with E-state index < -0.39 is 9.05 Å². The highest BCUT2D eigenvalue weighted by Gasteiger charge is 2.23. The molecule has 88 valence electrons. The second-order valence-corrected chi connectivity index (χ2v) is 5.88. The highest BCUT2D eigenvalue weighted by Crippen LogP contribution is 2.26. The van der Waals surface area contributed by atoms with Gasteiger partial charge >= 0.3 is 0 Å². The molecule has 1 aliphatic rings. The average molecular weight is 264 g/mol. The number of aromatic nitrogens is 1. The first-order valence-electron chi connectivity index (χ1n) is 4.71. The number of nitrogens with zero attached hydrogens (tertiary/aromatic N) is 1. The van der Waals surface area contributed by atoms with Crippen LogP contribution in [0.15, 0.2) is 23.2 Å². The predicted molar refractivity (Wildman–Crippen MR) is 57.1 cm³/mol. The van der Waals surface area contributed by atoms with Crippen molar-refractivity contribution in [3.63, 3.8) is 0 Å². The molecule has 1 aliphatic heterocycles. The monoisotopic (exact) mass is 263 g/mol. The fourth-order valence-corrected chi connectivity index (χ4v) is 2.32. The minimum Gasteiger partial charge on any atom is -0.471 e. The van der Waals surface area contributed by atoms with E-state index in [4.69, 9.17) is 20.2 Å². The Morgan fingerprint density at radius 1 is 1.56 bits per heavy atom. The van der Waals surface area contributed by atoms with Crippen LogP contribution in [0.2, 0.25) is 0 Å². The van der Waals surface area contributed by atoms with Gasteiger partial charge in [-0.3, -0.25) is 0 Å². The van der Waals surface area contributed by atoms with E-state index in [1.165, 1.54) is 18.3 Å². The Labute approximate surface area is 97.8 Å². The molecule has 1 atom stereocenters. The molecule has 0 radical (unpaired) electrons. The van der Waals surface area contributed by atoms with Crippen LogP contribution >= 0.6 is 10.7 Å². The molecule has 0 aromatic carbocycles. The van der Waals surface area contributed by atoms with Crippen molar-refractivity contribution in [1.82, 2.24) is 4.98 Å². The van der Waals surface area contributed by atoms with Crippen LogP contribution in [0.4, 0.5) is 0 Å². The van der Waals surface area contributed by atoms with Gasteiger partial charge in [-0.2, -0.15) is 0 Å². The third kappa shape index (κ3) is 2.63. The van der Waals surface area contributed by atoms with Gasteiger partial charge in [0.15, 0.2) is 0 Å². The third-order valence-electron chi connectivity index (χ3n) is 2.17. The van der Waals surface area contributed by atoms with Crippen molar-refractivity contribution in [2.75, 3.05) is 13.2 Å². The topological polar surface area (TPSA) is 65.5 Å². The van der Waals surface area contributed by atoms with Crippen LogP contribution in [0.3, 0.4) is 0 Å². The zero-order chi connectivity index (χ0) is 11.6. The smallest absolute Gasteiger partial charge is 0.266 e. The summed E-state index contributed by atoms with van der Waals surface area (Å²) < 4.78 is 33.0. The van der Waals surface area contributed by atoms with Crippen molar-refractivity contribution in [3.05, 3.63) is 18.3 Å². The Morgan fingerprint density at radius 2 is 2.38 bits per heavy atom. The molecular weight excluding hydrogens is 254 g/mol. The van der Waals surface area contributed by atoms with Crippen molar-refractivity contribution >= 4 is 19.7 Å². The van der Waals surface area contributed by atoms with Crippen molar-refractivity contribution in [3.8, 4) is 5.88 Å². The standard InChI is InChI=1S/C9H10ClNO4S/c10-16(12,13)8-2-1-4-11-9(8)15-7-3-5-14-6-7/h1-2,4,7H,3,5-6H2. The SMILES string of the molecule is O=S(=O)(Cl)c1cccnc1OC1CCOC1. The van der Waals surface area contributed by atoms with Crippen LogP contribution in [0.5, 0.6) is 5.88 Å². The van der Waals surface area contributed by atoms with Gasteiger partial charge in [-0.25, -0.2) is 13.4 Å². The van der Waals surface area contributed by atoms with Gasteiger partial charge in [0.25, 0.3) is 9.05 Å².